The fraction of sp³-hybridized carbons (Fsp3) is 0.133. The van der Waals surface area contributed by atoms with Crippen LogP contribution in [0.3, 0.4) is 0 Å². The Hall–Kier alpha value is -1.78. The minimum absolute atomic E-state index is 0.0812. The van der Waals surface area contributed by atoms with Crippen molar-refractivity contribution in [1.82, 2.24) is 4.72 Å². The van der Waals surface area contributed by atoms with Gasteiger partial charge in [0, 0.05) is 23.2 Å². The van der Waals surface area contributed by atoms with Crippen LogP contribution < -0.4 is 8.91 Å². The van der Waals surface area contributed by atoms with Gasteiger partial charge in [0.25, 0.3) is 0 Å². The molecule has 0 radical (unpaired) electrons. The Morgan fingerprint density at radius 3 is 2.74 bits per heavy atom. The van der Waals surface area contributed by atoms with E-state index in [0.717, 1.165) is 34.5 Å². The van der Waals surface area contributed by atoms with Crippen molar-refractivity contribution in [3.63, 3.8) is 0 Å². The number of hydrogen-bond acceptors (Lipinski definition) is 4. The lowest BCUT2D eigenvalue weighted by molar-refractivity contribution is 0.101. The average molecular weight is 271 g/mol. The van der Waals surface area contributed by atoms with E-state index in [-0.39, 0.29) is 5.78 Å². The van der Waals surface area contributed by atoms with E-state index in [1.165, 1.54) is 12.2 Å². The zero-order valence-corrected chi connectivity index (χ0v) is 11.3. The van der Waals surface area contributed by atoms with Crippen molar-refractivity contribution in [1.29, 1.82) is 0 Å². The first-order chi connectivity index (χ1) is 9.25. The van der Waals surface area contributed by atoms with E-state index in [1.807, 2.05) is 36.4 Å². The molecule has 1 heterocycles. The van der Waals surface area contributed by atoms with E-state index in [2.05, 4.69) is 10.8 Å². The van der Waals surface area contributed by atoms with Crippen molar-refractivity contribution in [3.05, 3.63) is 53.6 Å². The van der Waals surface area contributed by atoms with Crippen molar-refractivity contribution < 1.29 is 8.98 Å². The minimum atomic E-state index is 0.0812. The number of carbonyl (C=O) groups is 1. The topological polar surface area (TPSA) is 38.3 Å². The molecule has 0 bridgehead atoms. The highest BCUT2D eigenvalue weighted by Gasteiger charge is 2.16. The molecule has 1 N–H and O–H groups in total. The molecule has 4 heteroatoms. The molecule has 0 fully saturated rings. The van der Waals surface area contributed by atoms with E-state index >= 15 is 0 Å². The number of benzene rings is 2. The summed E-state index contributed by atoms with van der Waals surface area (Å²) in [5.74, 6) is 0.986. The monoisotopic (exact) mass is 271 g/mol. The smallest absolute Gasteiger partial charge is 0.159 e. The van der Waals surface area contributed by atoms with Crippen LogP contribution in [0.15, 0.2) is 42.5 Å². The largest absolute Gasteiger partial charge is 0.409 e. The summed E-state index contributed by atoms with van der Waals surface area (Å²) in [5, 5.41) is 0. The third kappa shape index (κ3) is 2.37. The summed E-state index contributed by atoms with van der Waals surface area (Å²) in [4.78, 5) is 11.3. The van der Waals surface area contributed by atoms with E-state index < -0.39 is 0 Å². The molecular weight excluding hydrogens is 258 g/mol. The van der Waals surface area contributed by atoms with Gasteiger partial charge in [-0.15, -0.1) is 0 Å². The fourth-order valence-electron chi connectivity index (χ4n) is 2.11. The Morgan fingerprint density at radius 2 is 2.00 bits per heavy atom. The molecule has 96 valence electrons. The van der Waals surface area contributed by atoms with Gasteiger partial charge in [-0.1, -0.05) is 42.5 Å². The molecule has 0 saturated heterocycles. The van der Waals surface area contributed by atoms with Gasteiger partial charge in [0.1, 0.15) is 12.2 Å². The minimum Gasteiger partial charge on any atom is -0.409 e. The standard InChI is InChI=1S/C15H13NO2S/c1-10(17)11-5-7-12(8-6-11)14-4-2-3-13-9-16-19-18-15(13)14/h2-8,16H,9H2,1H3. The number of ketones is 1. The molecule has 0 amide bonds. The van der Waals surface area contributed by atoms with Crippen molar-refractivity contribution in [2.75, 3.05) is 0 Å². The normalized spacial score (nSPS) is 13.5. The van der Waals surface area contributed by atoms with Crippen LogP contribution in [-0.4, -0.2) is 5.78 Å². The lowest BCUT2D eigenvalue weighted by atomic mass is 9.99. The Balaban J connectivity index is 2.04. The second-order valence-corrected chi connectivity index (χ2v) is 5.04. The first-order valence-corrected chi connectivity index (χ1v) is 6.79. The molecule has 0 saturated carbocycles. The summed E-state index contributed by atoms with van der Waals surface area (Å²) < 4.78 is 8.72. The zero-order valence-electron chi connectivity index (χ0n) is 10.5. The SMILES string of the molecule is CC(=O)c1ccc(-c2cccc3c2OSNC3)cc1. The molecule has 0 aliphatic carbocycles. The lowest BCUT2D eigenvalue weighted by Crippen LogP contribution is -2.12. The van der Waals surface area contributed by atoms with Crippen LogP contribution in [0.4, 0.5) is 0 Å². The Labute approximate surface area is 116 Å². The van der Waals surface area contributed by atoms with E-state index in [4.69, 9.17) is 4.18 Å². The van der Waals surface area contributed by atoms with Gasteiger partial charge in [-0.05, 0) is 12.5 Å². The Kier molecular flexibility index (Phi) is 3.27. The molecule has 0 atom stereocenters. The highest BCUT2D eigenvalue weighted by molar-refractivity contribution is 7.93. The first kappa shape index (κ1) is 12.3. The van der Waals surface area contributed by atoms with E-state index in [0.29, 0.717) is 0 Å². The number of carbonyl (C=O) groups excluding carboxylic acids is 1. The maximum absolute atomic E-state index is 11.3. The van der Waals surface area contributed by atoms with Gasteiger partial charge >= 0.3 is 0 Å². The molecule has 1 aliphatic heterocycles. The number of fused-ring (bicyclic) bond motifs is 1. The van der Waals surface area contributed by atoms with E-state index in [1.54, 1.807) is 6.92 Å². The molecular formula is C15H13NO2S. The summed E-state index contributed by atoms with van der Waals surface area (Å²) in [6, 6.07) is 13.7. The number of hydrogen-bond donors (Lipinski definition) is 1. The van der Waals surface area contributed by atoms with Gasteiger partial charge in [0.05, 0.1) is 0 Å². The van der Waals surface area contributed by atoms with Gasteiger partial charge in [-0.3, -0.25) is 4.79 Å². The Morgan fingerprint density at radius 1 is 1.21 bits per heavy atom. The third-order valence-corrected chi connectivity index (χ3v) is 3.66. The number of para-hydroxylation sites is 1. The third-order valence-electron chi connectivity index (χ3n) is 3.15. The first-order valence-electron chi connectivity index (χ1n) is 6.05. The van der Waals surface area contributed by atoms with E-state index in [9.17, 15) is 4.79 Å². The predicted molar refractivity (Wildman–Crippen MR) is 76.9 cm³/mol. The van der Waals surface area contributed by atoms with Gasteiger partial charge in [-0.25, -0.2) is 4.72 Å². The molecule has 2 aromatic carbocycles. The second-order valence-electron chi connectivity index (χ2n) is 4.42. The van der Waals surface area contributed by atoms with Crippen LogP contribution in [-0.2, 0) is 6.54 Å². The zero-order chi connectivity index (χ0) is 13.2. The van der Waals surface area contributed by atoms with Crippen molar-refractivity contribution in [3.8, 4) is 16.9 Å². The molecule has 1 aliphatic rings. The maximum Gasteiger partial charge on any atom is 0.159 e. The summed E-state index contributed by atoms with van der Waals surface area (Å²) in [6.07, 6.45) is 0. The quantitative estimate of drug-likeness (QED) is 0.514. The fourth-order valence-corrected chi connectivity index (χ4v) is 2.67. The molecule has 0 aromatic heterocycles. The number of nitrogens with one attached hydrogen (secondary N) is 1. The predicted octanol–water partition coefficient (Wildman–Crippen LogP) is 3.60. The number of rotatable bonds is 2. The van der Waals surface area contributed by atoms with Crippen LogP contribution in [0.2, 0.25) is 0 Å². The van der Waals surface area contributed by atoms with Crippen LogP contribution in [0, 0.1) is 0 Å². The van der Waals surface area contributed by atoms with Crippen molar-refractivity contribution in [2.45, 2.75) is 13.5 Å². The second kappa shape index (κ2) is 5.07. The highest BCUT2D eigenvalue weighted by atomic mass is 32.2. The van der Waals surface area contributed by atoms with Crippen molar-refractivity contribution >= 4 is 18.0 Å². The van der Waals surface area contributed by atoms with Gasteiger partial charge in [-0.2, -0.15) is 0 Å². The summed E-state index contributed by atoms with van der Waals surface area (Å²) in [7, 11) is 0. The summed E-state index contributed by atoms with van der Waals surface area (Å²) in [6.45, 7) is 2.37. The van der Waals surface area contributed by atoms with Gasteiger partial charge in [0.2, 0.25) is 0 Å². The molecule has 3 rings (SSSR count). The molecule has 2 aromatic rings. The van der Waals surface area contributed by atoms with Crippen LogP contribution in [0.1, 0.15) is 22.8 Å². The van der Waals surface area contributed by atoms with Crippen LogP contribution in [0.5, 0.6) is 5.75 Å². The van der Waals surface area contributed by atoms with Crippen molar-refractivity contribution in [2.24, 2.45) is 0 Å². The average Bonchev–Trinajstić information content (AvgIpc) is 2.47. The summed E-state index contributed by atoms with van der Waals surface area (Å²) >= 11 is 1.25. The van der Waals surface area contributed by atoms with Gasteiger partial charge in [0.15, 0.2) is 11.5 Å². The molecule has 0 unspecified atom stereocenters. The molecule has 3 nitrogen and oxygen atoms in total. The lowest BCUT2D eigenvalue weighted by Gasteiger charge is -2.19. The van der Waals surface area contributed by atoms with Gasteiger partial charge < -0.3 is 4.18 Å². The van der Waals surface area contributed by atoms with Crippen LogP contribution in [0.25, 0.3) is 11.1 Å². The number of Topliss-reactive ketones (excluding diaryl/α,β-unsaturated/α-hetero) is 1. The summed E-state index contributed by atoms with van der Waals surface area (Å²) in [5.41, 5.74) is 3.99. The molecule has 19 heavy (non-hydrogen) atoms. The Bertz CT molecular complexity index is 623. The maximum atomic E-state index is 11.3. The molecule has 0 spiro atoms. The van der Waals surface area contributed by atoms with Crippen LogP contribution >= 0.6 is 12.2 Å². The highest BCUT2D eigenvalue weighted by Crippen LogP contribution is 2.37.